The third kappa shape index (κ3) is 4.97. The Labute approximate surface area is 220 Å². The SMILES string of the molecule is CC[C@H]1C[C@@H]1Nc1ncc2c(C3CCN(C(=O)c4cc(C)nc(C)c4)CC3)cn(C3CCCCC3)c2n1. The molecule has 1 saturated heterocycles. The Kier molecular flexibility index (Phi) is 6.63. The third-order valence-corrected chi connectivity index (χ3v) is 8.88. The molecule has 37 heavy (non-hydrogen) atoms. The molecule has 1 N–H and O–H groups in total. The van der Waals surface area contributed by atoms with Gasteiger partial charge < -0.3 is 14.8 Å². The summed E-state index contributed by atoms with van der Waals surface area (Å²) in [6.45, 7) is 7.72. The molecule has 1 amide bonds. The van der Waals surface area contributed by atoms with E-state index in [1.165, 1.54) is 55.9 Å². The van der Waals surface area contributed by atoms with Gasteiger partial charge >= 0.3 is 0 Å². The monoisotopic (exact) mass is 500 g/mol. The van der Waals surface area contributed by atoms with Crippen molar-refractivity contribution in [1.29, 1.82) is 0 Å². The van der Waals surface area contributed by atoms with Crippen LogP contribution in [0.2, 0.25) is 0 Å². The molecule has 1 aliphatic heterocycles. The lowest BCUT2D eigenvalue weighted by molar-refractivity contribution is 0.0713. The average molecular weight is 501 g/mol. The predicted molar refractivity (Wildman–Crippen MR) is 147 cm³/mol. The number of carbonyl (C=O) groups excluding carboxylic acids is 1. The molecule has 4 heterocycles. The zero-order valence-electron chi connectivity index (χ0n) is 22.5. The van der Waals surface area contributed by atoms with E-state index in [2.05, 4.69) is 34.2 Å². The van der Waals surface area contributed by atoms with Gasteiger partial charge in [-0.15, -0.1) is 0 Å². The second-order valence-electron chi connectivity index (χ2n) is 11.6. The molecular formula is C30H40N6O. The number of nitrogens with zero attached hydrogens (tertiary/aromatic N) is 5. The van der Waals surface area contributed by atoms with Crippen LogP contribution in [0.15, 0.2) is 24.5 Å². The van der Waals surface area contributed by atoms with Crippen molar-refractivity contribution in [2.45, 2.75) is 96.6 Å². The standard InChI is InChI=1S/C30H40N6O/c1-4-21-16-27(21)33-30-31-17-25-26(18-36(28(25)34-30)24-8-6-5-7-9-24)22-10-12-35(13-11-22)29(37)23-14-19(2)32-20(3)15-23/h14-15,17-18,21-22,24,27H,4-13,16H2,1-3H3,(H,31,33,34)/t21-,27-/m0/s1. The Balaban J connectivity index is 1.23. The molecule has 0 aromatic carbocycles. The van der Waals surface area contributed by atoms with Crippen molar-refractivity contribution < 1.29 is 4.79 Å². The second kappa shape index (κ2) is 10.1. The highest BCUT2D eigenvalue weighted by Gasteiger charge is 2.36. The molecule has 0 spiro atoms. The summed E-state index contributed by atoms with van der Waals surface area (Å²) in [5, 5.41) is 4.78. The van der Waals surface area contributed by atoms with Gasteiger partial charge in [0.25, 0.3) is 5.91 Å². The summed E-state index contributed by atoms with van der Waals surface area (Å²) in [6.07, 6.45) is 15.2. The number of amides is 1. The lowest BCUT2D eigenvalue weighted by Gasteiger charge is -2.32. The maximum Gasteiger partial charge on any atom is 0.253 e. The minimum absolute atomic E-state index is 0.126. The van der Waals surface area contributed by atoms with Gasteiger partial charge in [0.05, 0.1) is 0 Å². The molecule has 2 atom stereocenters. The van der Waals surface area contributed by atoms with Crippen LogP contribution in [-0.4, -0.2) is 49.5 Å². The van der Waals surface area contributed by atoms with Crippen molar-refractivity contribution in [2.75, 3.05) is 18.4 Å². The van der Waals surface area contributed by atoms with Gasteiger partial charge in [0.1, 0.15) is 5.65 Å². The summed E-state index contributed by atoms with van der Waals surface area (Å²) in [4.78, 5) is 29.5. The molecule has 2 aliphatic carbocycles. The zero-order chi connectivity index (χ0) is 25.5. The van der Waals surface area contributed by atoms with Crippen molar-refractivity contribution in [3.8, 4) is 0 Å². The first kappa shape index (κ1) is 24.4. The van der Waals surface area contributed by atoms with E-state index in [0.29, 0.717) is 18.0 Å². The number of piperidine rings is 1. The minimum atomic E-state index is 0.126. The Morgan fingerprint density at radius 1 is 1.03 bits per heavy atom. The molecule has 7 heteroatoms. The number of aryl methyl sites for hydroxylation is 2. The van der Waals surface area contributed by atoms with Crippen LogP contribution >= 0.6 is 0 Å². The van der Waals surface area contributed by atoms with E-state index in [1.807, 2.05) is 30.9 Å². The summed E-state index contributed by atoms with van der Waals surface area (Å²) in [7, 11) is 0. The van der Waals surface area contributed by atoms with Crippen LogP contribution in [0.25, 0.3) is 11.0 Å². The fourth-order valence-electron chi connectivity index (χ4n) is 6.66. The normalized spacial score (nSPS) is 22.9. The number of hydrogen-bond donors (Lipinski definition) is 1. The summed E-state index contributed by atoms with van der Waals surface area (Å²) in [5.74, 6) is 2.08. The van der Waals surface area contributed by atoms with Crippen LogP contribution in [0.1, 0.15) is 104 Å². The predicted octanol–water partition coefficient (Wildman–Crippen LogP) is 6.18. The molecule has 3 aromatic heterocycles. The number of anilines is 1. The largest absolute Gasteiger partial charge is 0.351 e. The number of fused-ring (bicyclic) bond motifs is 1. The minimum Gasteiger partial charge on any atom is -0.351 e. The van der Waals surface area contributed by atoms with Crippen LogP contribution in [0.5, 0.6) is 0 Å². The van der Waals surface area contributed by atoms with Crippen molar-refractivity contribution >= 4 is 22.9 Å². The molecule has 196 valence electrons. The lowest BCUT2D eigenvalue weighted by atomic mass is 9.89. The van der Waals surface area contributed by atoms with E-state index < -0.39 is 0 Å². The number of pyridine rings is 1. The lowest BCUT2D eigenvalue weighted by Crippen LogP contribution is -2.38. The fraction of sp³-hybridized carbons (Fsp3) is 0.600. The fourth-order valence-corrected chi connectivity index (χ4v) is 6.66. The molecule has 0 radical (unpaired) electrons. The highest BCUT2D eigenvalue weighted by Crippen LogP contribution is 2.39. The van der Waals surface area contributed by atoms with Gasteiger partial charge in [-0.05, 0) is 75.5 Å². The quantitative estimate of drug-likeness (QED) is 0.437. The summed E-state index contributed by atoms with van der Waals surface area (Å²) in [6, 6.07) is 4.87. The summed E-state index contributed by atoms with van der Waals surface area (Å²) < 4.78 is 2.47. The topological polar surface area (TPSA) is 75.9 Å². The summed E-state index contributed by atoms with van der Waals surface area (Å²) >= 11 is 0. The number of carbonyl (C=O) groups is 1. The summed E-state index contributed by atoms with van der Waals surface area (Å²) in [5.41, 5.74) is 5.01. The van der Waals surface area contributed by atoms with Crippen molar-refractivity contribution in [3.63, 3.8) is 0 Å². The molecular weight excluding hydrogens is 460 g/mol. The van der Waals surface area contributed by atoms with Crippen LogP contribution in [-0.2, 0) is 0 Å². The first-order valence-corrected chi connectivity index (χ1v) is 14.4. The van der Waals surface area contributed by atoms with Gasteiger partial charge in [-0.25, -0.2) is 4.98 Å². The van der Waals surface area contributed by atoms with Crippen molar-refractivity contribution in [2.24, 2.45) is 5.92 Å². The first-order chi connectivity index (χ1) is 18.0. The van der Waals surface area contributed by atoms with Crippen LogP contribution in [0, 0.1) is 19.8 Å². The van der Waals surface area contributed by atoms with Crippen LogP contribution < -0.4 is 5.32 Å². The van der Waals surface area contributed by atoms with Crippen LogP contribution in [0.4, 0.5) is 5.95 Å². The second-order valence-corrected chi connectivity index (χ2v) is 11.6. The van der Waals surface area contributed by atoms with Crippen molar-refractivity contribution in [1.82, 2.24) is 24.4 Å². The number of aromatic nitrogens is 4. The maximum absolute atomic E-state index is 13.2. The zero-order valence-corrected chi connectivity index (χ0v) is 22.5. The maximum atomic E-state index is 13.2. The molecule has 0 unspecified atom stereocenters. The molecule has 2 saturated carbocycles. The molecule has 3 fully saturated rings. The van der Waals surface area contributed by atoms with Gasteiger partial charge in [-0.3, -0.25) is 9.78 Å². The Hall–Kier alpha value is -2.96. The number of likely N-dealkylation sites (tertiary alicyclic amines) is 1. The van der Waals surface area contributed by atoms with E-state index in [1.54, 1.807) is 0 Å². The Morgan fingerprint density at radius 2 is 1.76 bits per heavy atom. The molecule has 6 rings (SSSR count). The molecule has 7 nitrogen and oxygen atoms in total. The van der Waals surface area contributed by atoms with Crippen molar-refractivity contribution in [3.05, 3.63) is 47.0 Å². The highest BCUT2D eigenvalue weighted by atomic mass is 16.2. The van der Waals surface area contributed by atoms with Crippen LogP contribution in [0.3, 0.4) is 0 Å². The number of rotatable bonds is 6. The number of hydrogen-bond acceptors (Lipinski definition) is 5. The van der Waals surface area contributed by atoms with E-state index in [4.69, 9.17) is 9.97 Å². The smallest absolute Gasteiger partial charge is 0.253 e. The molecule has 0 bridgehead atoms. The molecule has 3 aliphatic rings. The third-order valence-electron chi connectivity index (χ3n) is 8.88. The average Bonchev–Trinajstić information content (AvgIpc) is 3.56. The first-order valence-electron chi connectivity index (χ1n) is 14.4. The van der Waals surface area contributed by atoms with E-state index in [-0.39, 0.29) is 5.91 Å². The van der Waals surface area contributed by atoms with Gasteiger partial charge in [-0.1, -0.05) is 32.6 Å². The van der Waals surface area contributed by atoms with E-state index in [9.17, 15) is 4.79 Å². The van der Waals surface area contributed by atoms with Gasteiger partial charge in [0.15, 0.2) is 0 Å². The van der Waals surface area contributed by atoms with Gasteiger partial charge in [0.2, 0.25) is 5.95 Å². The molecule has 3 aromatic rings. The van der Waals surface area contributed by atoms with E-state index >= 15 is 0 Å². The Bertz CT molecular complexity index is 1260. The highest BCUT2D eigenvalue weighted by molar-refractivity contribution is 5.94. The Morgan fingerprint density at radius 3 is 2.43 bits per heavy atom. The van der Waals surface area contributed by atoms with Gasteiger partial charge in [-0.2, -0.15) is 4.98 Å². The number of nitrogens with one attached hydrogen (secondary N) is 1. The van der Waals surface area contributed by atoms with E-state index in [0.717, 1.165) is 60.4 Å². The van der Waals surface area contributed by atoms with Gasteiger partial charge in [0, 0.05) is 59.9 Å².